The van der Waals surface area contributed by atoms with E-state index in [-0.39, 0.29) is 5.91 Å². The Morgan fingerprint density at radius 3 is 3.00 bits per heavy atom. The first-order valence-electron chi connectivity index (χ1n) is 9.49. The molecule has 7 nitrogen and oxygen atoms in total. The third kappa shape index (κ3) is 5.29. The first-order valence-corrected chi connectivity index (χ1v) is 9.49. The van der Waals surface area contributed by atoms with Crippen LogP contribution < -0.4 is 4.74 Å². The Bertz CT molecular complexity index is 740. The Morgan fingerprint density at radius 1 is 1.37 bits per heavy atom. The number of rotatable bonds is 9. The van der Waals surface area contributed by atoms with Crippen LogP contribution in [0.3, 0.4) is 0 Å². The molecule has 0 radical (unpaired) electrons. The fourth-order valence-corrected chi connectivity index (χ4v) is 3.25. The van der Waals surface area contributed by atoms with Crippen LogP contribution in [0, 0.1) is 0 Å². The molecule has 146 valence electrons. The van der Waals surface area contributed by atoms with Gasteiger partial charge in [0.15, 0.2) is 0 Å². The smallest absolute Gasteiger partial charge is 0.227 e. The zero-order valence-electron chi connectivity index (χ0n) is 16.0. The summed E-state index contributed by atoms with van der Waals surface area (Å²) in [6, 6.07) is 7.50. The molecule has 1 amide bonds. The van der Waals surface area contributed by atoms with Crippen LogP contribution in [0.5, 0.6) is 5.75 Å². The van der Waals surface area contributed by atoms with Gasteiger partial charge in [-0.3, -0.25) is 4.79 Å². The Hall–Kier alpha value is -2.41. The van der Waals surface area contributed by atoms with Crippen LogP contribution in [0.2, 0.25) is 0 Å². The van der Waals surface area contributed by atoms with Crippen molar-refractivity contribution in [1.82, 2.24) is 15.0 Å². The molecule has 1 aliphatic rings. The third-order valence-corrected chi connectivity index (χ3v) is 4.84. The van der Waals surface area contributed by atoms with E-state index in [2.05, 4.69) is 10.1 Å². The van der Waals surface area contributed by atoms with Crippen LogP contribution in [0.4, 0.5) is 0 Å². The average molecular weight is 373 g/mol. The number of benzene rings is 1. The van der Waals surface area contributed by atoms with Gasteiger partial charge in [-0.25, -0.2) is 0 Å². The molecule has 27 heavy (non-hydrogen) atoms. The number of ether oxygens (including phenoxy) is 2. The van der Waals surface area contributed by atoms with Crippen molar-refractivity contribution in [2.75, 3.05) is 27.3 Å². The van der Waals surface area contributed by atoms with Crippen molar-refractivity contribution in [3.63, 3.8) is 0 Å². The number of carbonyl (C=O) groups is 1. The fourth-order valence-electron chi connectivity index (χ4n) is 3.25. The van der Waals surface area contributed by atoms with Crippen molar-refractivity contribution < 1.29 is 18.8 Å². The van der Waals surface area contributed by atoms with Crippen molar-refractivity contribution in [3.05, 3.63) is 30.2 Å². The Balaban J connectivity index is 1.45. The lowest BCUT2D eigenvalue weighted by Gasteiger charge is -2.17. The number of hydrogen-bond donors (Lipinski definition) is 0. The normalized spacial score (nSPS) is 16.4. The van der Waals surface area contributed by atoms with Gasteiger partial charge in [-0.05, 0) is 37.8 Å². The lowest BCUT2D eigenvalue weighted by Crippen LogP contribution is -2.28. The van der Waals surface area contributed by atoms with Crippen molar-refractivity contribution in [3.8, 4) is 17.1 Å². The van der Waals surface area contributed by atoms with Gasteiger partial charge in [0.2, 0.25) is 17.6 Å². The zero-order valence-corrected chi connectivity index (χ0v) is 16.0. The maximum absolute atomic E-state index is 12.3. The maximum atomic E-state index is 12.3. The summed E-state index contributed by atoms with van der Waals surface area (Å²) < 4.78 is 16.2. The number of para-hydroxylation sites is 1. The standard InChI is InChI=1S/C20H27N3O4/c1-23(13-5-7-15-8-6-14-26-15)19(24)12-11-18-21-20(22-27-18)16-9-3-4-10-17(16)25-2/h3-4,9-10,15H,5-8,11-14H2,1-2H3/t15-/m0/s1. The molecule has 0 aliphatic carbocycles. The highest BCUT2D eigenvalue weighted by molar-refractivity contribution is 5.76. The van der Waals surface area contributed by atoms with Gasteiger partial charge in [0, 0.05) is 33.0 Å². The number of aryl methyl sites for hydroxylation is 1. The lowest BCUT2D eigenvalue weighted by atomic mass is 10.1. The quantitative estimate of drug-likeness (QED) is 0.672. The lowest BCUT2D eigenvalue weighted by molar-refractivity contribution is -0.130. The van der Waals surface area contributed by atoms with Gasteiger partial charge in [-0.15, -0.1) is 0 Å². The summed E-state index contributed by atoms with van der Waals surface area (Å²) in [4.78, 5) is 18.5. The highest BCUT2D eigenvalue weighted by atomic mass is 16.5. The number of methoxy groups -OCH3 is 1. The van der Waals surface area contributed by atoms with Crippen molar-refractivity contribution >= 4 is 5.91 Å². The summed E-state index contributed by atoms with van der Waals surface area (Å²) in [5.41, 5.74) is 0.771. The molecule has 0 spiro atoms. The SMILES string of the molecule is COc1ccccc1-c1noc(CCC(=O)N(C)CCC[C@H]2CCCO2)n1. The van der Waals surface area contributed by atoms with E-state index in [1.165, 1.54) is 0 Å². The van der Waals surface area contributed by atoms with Crippen LogP contribution in [0.1, 0.15) is 38.0 Å². The zero-order chi connectivity index (χ0) is 19.1. The summed E-state index contributed by atoms with van der Waals surface area (Å²) in [5, 5.41) is 4.01. The van der Waals surface area contributed by atoms with Gasteiger partial charge in [-0.1, -0.05) is 17.3 Å². The van der Waals surface area contributed by atoms with Gasteiger partial charge < -0.3 is 18.9 Å². The first-order chi connectivity index (χ1) is 13.2. The summed E-state index contributed by atoms with van der Waals surface area (Å²) in [7, 11) is 3.44. The van der Waals surface area contributed by atoms with Crippen LogP contribution in [0.15, 0.2) is 28.8 Å². The molecule has 0 N–H and O–H groups in total. The molecule has 2 aromatic rings. The minimum absolute atomic E-state index is 0.0828. The third-order valence-electron chi connectivity index (χ3n) is 4.84. The van der Waals surface area contributed by atoms with Crippen LogP contribution in [0.25, 0.3) is 11.4 Å². The van der Waals surface area contributed by atoms with E-state index in [0.29, 0.717) is 36.4 Å². The van der Waals surface area contributed by atoms with Crippen molar-refractivity contribution in [2.45, 2.75) is 44.6 Å². The summed E-state index contributed by atoms with van der Waals surface area (Å²) in [6.45, 7) is 1.62. The highest BCUT2D eigenvalue weighted by Gasteiger charge is 2.17. The van der Waals surface area contributed by atoms with E-state index >= 15 is 0 Å². The second-order valence-corrected chi connectivity index (χ2v) is 6.80. The molecule has 1 aromatic carbocycles. The predicted molar refractivity (Wildman–Crippen MR) is 100 cm³/mol. The Kier molecular flexibility index (Phi) is 6.81. The van der Waals surface area contributed by atoms with E-state index in [0.717, 1.165) is 44.4 Å². The number of hydrogen-bond acceptors (Lipinski definition) is 6. The van der Waals surface area contributed by atoms with Gasteiger partial charge >= 0.3 is 0 Å². The number of aromatic nitrogens is 2. The topological polar surface area (TPSA) is 77.7 Å². The number of amides is 1. The molecule has 0 bridgehead atoms. The first kappa shape index (κ1) is 19.4. The Morgan fingerprint density at radius 2 is 2.22 bits per heavy atom. The minimum atomic E-state index is 0.0828. The molecule has 1 atom stereocenters. The van der Waals surface area contributed by atoms with Crippen LogP contribution in [-0.2, 0) is 16.0 Å². The largest absolute Gasteiger partial charge is 0.496 e. The van der Waals surface area contributed by atoms with Crippen molar-refractivity contribution in [2.24, 2.45) is 0 Å². The summed E-state index contributed by atoms with van der Waals surface area (Å²) >= 11 is 0. The molecule has 3 rings (SSSR count). The highest BCUT2D eigenvalue weighted by Crippen LogP contribution is 2.27. The monoisotopic (exact) mass is 373 g/mol. The second kappa shape index (κ2) is 9.50. The molecular weight excluding hydrogens is 346 g/mol. The molecule has 1 aliphatic heterocycles. The molecule has 1 fully saturated rings. The maximum Gasteiger partial charge on any atom is 0.227 e. The minimum Gasteiger partial charge on any atom is -0.496 e. The summed E-state index contributed by atoms with van der Waals surface area (Å²) in [6.07, 6.45) is 5.43. The van der Waals surface area contributed by atoms with E-state index in [1.54, 1.807) is 12.0 Å². The number of nitrogens with zero attached hydrogens (tertiary/aromatic N) is 3. The molecular formula is C20H27N3O4. The molecule has 1 saturated heterocycles. The molecule has 0 saturated carbocycles. The van der Waals surface area contributed by atoms with Crippen molar-refractivity contribution in [1.29, 1.82) is 0 Å². The van der Waals surface area contributed by atoms with E-state index < -0.39 is 0 Å². The Labute approximate surface area is 159 Å². The predicted octanol–water partition coefficient (Wildman–Crippen LogP) is 3.10. The molecule has 0 unspecified atom stereocenters. The molecule has 1 aromatic heterocycles. The van der Waals surface area contributed by atoms with Gasteiger partial charge in [-0.2, -0.15) is 4.98 Å². The molecule has 7 heteroatoms. The van der Waals surface area contributed by atoms with Crippen LogP contribution in [-0.4, -0.2) is 54.4 Å². The van der Waals surface area contributed by atoms with Gasteiger partial charge in [0.05, 0.1) is 18.8 Å². The molecule has 2 heterocycles. The van der Waals surface area contributed by atoms with E-state index in [9.17, 15) is 4.79 Å². The van der Waals surface area contributed by atoms with Gasteiger partial charge in [0.1, 0.15) is 5.75 Å². The van der Waals surface area contributed by atoms with E-state index in [1.807, 2.05) is 31.3 Å². The average Bonchev–Trinajstić information content (AvgIpc) is 3.38. The summed E-state index contributed by atoms with van der Waals surface area (Å²) in [5.74, 6) is 1.70. The fraction of sp³-hybridized carbons (Fsp3) is 0.550. The van der Waals surface area contributed by atoms with Crippen LogP contribution >= 0.6 is 0 Å². The second-order valence-electron chi connectivity index (χ2n) is 6.80. The van der Waals surface area contributed by atoms with E-state index in [4.69, 9.17) is 14.0 Å². The number of carbonyl (C=O) groups excluding carboxylic acids is 1. The van der Waals surface area contributed by atoms with Gasteiger partial charge in [0.25, 0.3) is 0 Å².